The standard InChI is InChI=1S/C15H12FN3O5/c1-9-2-3-10(6-12(9)16)15(20)8-17-13-5-4-11(18(21)22)7-14(13)19(23)24/h2-7,17H,8H2,1H3. The van der Waals surface area contributed by atoms with E-state index in [9.17, 15) is 29.4 Å². The Hall–Kier alpha value is -3.36. The Labute approximate surface area is 135 Å². The number of halogens is 1. The van der Waals surface area contributed by atoms with Crippen LogP contribution in [0.5, 0.6) is 0 Å². The molecule has 0 aliphatic carbocycles. The highest BCUT2D eigenvalue weighted by atomic mass is 19.1. The van der Waals surface area contributed by atoms with Crippen molar-refractivity contribution in [1.29, 1.82) is 0 Å². The fourth-order valence-corrected chi connectivity index (χ4v) is 1.98. The van der Waals surface area contributed by atoms with Crippen molar-refractivity contribution in [2.75, 3.05) is 11.9 Å². The van der Waals surface area contributed by atoms with Gasteiger partial charge in [0, 0.05) is 11.6 Å². The van der Waals surface area contributed by atoms with Crippen molar-refractivity contribution >= 4 is 22.8 Å². The van der Waals surface area contributed by atoms with Gasteiger partial charge in [-0.25, -0.2) is 4.39 Å². The van der Waals surface area contributed by atoms with E-state index in [0.29, 0.717) is 5.56 Å². The SMILES string of the molecule is Cc1ccc(C(=O)CNc2ccc([N+](=O)[O-])cc2[N+](=O)[O-])cc1F. The van der Waals surface area contributed by atoms with Gasteiger partial charge in [0.2, 0.25) is 0 Å². The Morgan fingerprint density at radius 2 is 1.83 bits per heavy atom. The maximum absolute atomic E-state index is 13.5. The molecule has 9 heteroatoms. The summed E-state index contributed by atoms with van der Waals surface area (Å²) < 4.78 is 13.5. The highest BCUT2D eigenvalue weighted by Gasteiger charge is 2.20. The average molecular weight is 333 g/mol. The summed E-state index contributed by atoms with van der Waals surface area (Å²) >= 11 is 0. The van der Waals surface area contributed by atoms with Crippen LogP contribution in [0.1, 0.15) is 15.9 Å². The zero-order chi connectivity index (χ0) is 17.9. The van der Waals surface area contributed by atoms with Gasteiger partial charge in [-0.3, -0.25) is 25.0 Å². The van der Waals surface area contributed by atoms with Crippen LogP contribution in [0.4, 0.5) is 21.5 Å². The van der Waals surface area contributed by atoms with E-state index < -0.39 is 32.8 Å². The summed E-state index contributed by atoms with van der Waals surface area (Å²) in [5.41, 5.74) is -0.474. The molecular formula is C15H12FN3O5. The van der Waals surface area contributed by atoms with Crippen molar-refractivity contribution in [3.05, 3.63) is 73.6 Å². The number of anilines is 1. The lowest BCUT2D eigenvalue weighted by Gasteiger charge is -2.07. The minimum atomic E-state index is -0.786. The zero-order valence-corrected chi connectivity index (χ0v) is 12.5. The molecule has 0 fully saturated rings. The van der Waals surface area contributed by atoms with Gasteiger partial charge < -0.3 is 5.32 Å². The number of non-ortho nitro benzene ring substituents is 1. The Bertz CT molecular complexity index is 838. The van der Waals surface area contributed by atoms with Gasteiger partial charge in [-0.1, -0.05) is 12.1 Å². The predicted molar refractivity (Wildman–Crippen MR) is 83.7 cm³/mol. The van der Waals surface area contributed by atoms with E-state index in [4.69, 9.17) is 0 Å². The molecule has 24 heavy (non-hydrogen) atoms. The first-order valence-electron chi connectivity index (χ1n) is 6.75. The van der Waals surface area contributed by atoms with Crippen molar-refractivity contribution in [3.8, 4) is 0 Å². The molecule has 2 aromatic carbocycles. The number of rotatable bonds is 6. The van der Waals surface area contributed by atoms with Crippen LogP contribution in [-0.4, -0.2) is 22.2 Å². The molecule has 0 saturated carbocycles. The topological polar surface area (TPSA) is 115 Å². The molecule has 0 aromatic heterocycles. The van der Waals surface area contributed by atoms with Crippen LogP contribution in [0.25, 0.3) is 0 Å². The fraction of sp³-hybridized carbons (Fsp3) is 0.133. The summed E-state index contributed by atoms with van der Waals surface area (Å²) in [4.78, 5) is 32.2. The lowest BCUT2D eigenvalue weighted by molar-refractivity contribution is -0.393. The fourth-order valence-electron chi connectivity index (χ4n) is 1.98. The minimum Gasteiger partial charge on any atom is -0.372 e. The van der Waals surface area contributed by atoms with E-state index >= 15 is 0 Å². The van der Waals surface area contributed by atoms with Crippen LogP contribution >= 0.6 is 0 Å². The molecule has 0 radical (unpaired) electrons. The monoisotopic (exact) mass is 333 g/mol. The van der Waals surface area contributed by atoms with Crippen molar-refractivity contribution < 1.29 is 19.0 Å². The number of Topliss-reactive ketones (excluding diaryl/α,β-unsaturated/α-hetero) is 1. The highest BCUT2D eigenvalue weighted by Crippen LogP contribution is 2.28. The number of ketones is 1. The number of benzene rings is 2. The second-order valence-corrected chi connectivity index (χ2v) is 4.96. The van der Waals surface area contributed by atoms with Gasteiger partial charge in [-0.05, 0) is 24.6 Å². The van der Waals surface area contributed by atoms with Crippen LogP contribution in [0.2, 0.25) is 0 Å². The van der Waals surface area contributed by atoms with Gasteiger partial charge in [-0.15, -0.1) is 0 Å². The molecule has 0 aliphatic rings. The van der Waals surface area contributed by atoms with Crippen LogP contribution < -0.4 is 5.32 Å². The summed E-state index contributed by atoms with van der Waals surface area (Å²) in [5.74, 6) is -0.997. The molecule has 2 rings (SSSR count). The summed E-state index contributed by atoms with van der Waals surface area (Å²) in [7, 11) is 0. The molecule has 0 amide bonds. The van der Waals surface area contributed by atoms with E-state index in [2.05, 4.69) is 5.32 Å². The Balaban J connectivity index is 2.19. The predicted octanol–water partition coefficient (Wildman–Crippen LogP) is 3.25. The summed E-state index contributed by atoms with van der Waals surface area (Å²) in [6.45, 7) is 1.24. The zero-order valence-electron chi connectivity index (χ0n) is 12.5. The molecule has 1 N–H and O–H groups in total. The quantitative estimate of drug-likeness (QED) is 0.493. The lowest BCUT2D eigenvalue weighted by Crippen LogP contribution is -2.15. The molecule has 8 nitrogen and oxygen atoms in total. The number of nitrogens with zero attached hydrogens (tertiary/aromatic N) is 2. The summed E-state index contributed by atoms with van der Waals surface area (Å²) in [6, 6.07) is 7.04. The second kappa shape index (κ2) is 6.82. The van der Waals surface area contributed by atoms with Crippen LogP contribution in [-0.2, 0) is 0 Å². The number of hydrogen-bond acceptors (Lipinski definition) is 6. The van der Waals surface area contributed by atoms with Gasteiger partial charge in [0.05, 0.1) is 22.5 Å². The number of hydrogen-bond donors (Lipinski definition) is 1. The number of carbonyl (C=O) groups is 1. The summed E-state index contributed by atoms with van der Waals surface area (Å²) in [6.07, 6.45) is 0. The third-order valence-corrected chi connectivity index (χ3v) is 3.32. The van der Waals surface area contributed by atoms with Gasteiger partial charge in [0.1, 0.15) is 11.5 Å². The van der Waals surface area contributed by atoms with Gasteiger partial charge in [0.15, 0.2) is 5.78 Å². The number of aryl methyl sites for hydroxylation is 1. The van der Waals surface area contributed by atoms with Crippen LogP contribution in [0, 0.1) is 33.0 Å². The number of carbonyl (C=O) groups excluding carboxylic acids is 1. The first kappa shape index (κ1) is 17.0. The molecule has 0 aliphatic heterocycles. The molecule has 2 aromatic rings. The van der Waals surface area contributed by atoms with Crippen molar-refractivity contribution in [3.63, 3.8) is 0 Å². The van der Waals surface area contributed by atoms with E-state index in [1.165, 1.54) is 12.1 Å². The van der Waals surface area contributed by atoms with Crippen LogP contribution in [0.15, 0.2) is 36.4 Å². The van der Waals surface area contributed by atoms with Gasteiger partial charge in [0.25, 0.3) is 11.4 Å². The second-order valence-electron chi connectivity index (χ2n) is 4.96. The smallest absolute Gasteiger partial charge is 0.299 e. The minimum absolute atomic E-state index is 0.0356. The molecule has 124 valence electrons. The molecule has 0 atom stereocenters. The third-order valence-electron chi connectivity index (χ3n) is 3.32. The first-order valence-corrected chi connectivity index (χ1v) is 6.75. The van der Waals surface area contributed by atoms with Gasteiger partial charge >= 0.3 is 0 Å². The van der Waals surface area contributed by atoms with E-state index in [0.717, 1.165) is 24.3 Å². The van der Waals surface area contributed by atoms with Crippen molar-refractivity contribution in [2.24, 2.45) is 0 Å². The number of nitro benzene ring substituents is 2. The van der Waals surface area contributed by atoms with Crippen LogP contribution in [0.3, 0.4) is 0 Å². The molecule has 0 heterocycles. The highest BCUT2D eigenvalue weighted by molar-refractivity contribution is 5.99. The van der Waals surface area contributed by atoms with Crippen molar-refractivity contribution in [2.45, 2.75) is 6.92 Å². The Kier molecular flexibility index (Phi) is 4.83. The molecule has 0 unspecified atom stereocenters. The maximum Gasteiger partial charge on any atom is 0.299 e. The Morgan fingerprint density at radius 1 is 1.12 bits per heavy atom. The largest absolute Gasteiger partial charge is 0.372 e. The molecule has 0 spiro atoms. The van der Waals surface area contributed by atoms with E-state index in [1.807, 2.05) is 0 Å². The lowest BCUT2D eigenvalue weighted by atomic mass is 10.1. The third kappa shape index (κ3) is 3.69. The number of nitro groups is 2. The molecular weight excluding hydrogens is 321 g/mol. The van der Waals surface area contributed by atoms with Crippen molar-refractivity contribution in [1.82, 2.24) is 0 Å². The number of nitrogens with one attached hydrogen (secondary N) is 1. The molecule has 0 bridgehead atoms. The normalized spacial score (nSPS) is 10.2. The van der Waals surface area contributed by atoms with Gasteiger partial charge in [-0.2, -0.15) is 0 Å². The average Bonchev–Trinajstić information content (AvgIpc) is 2.54. The van der Waals surface area contributed by atoms with E-state index in [1.54, 1.807) is 6.92 Å². The van der Waals surface area contributed by atoms with E-state index in [-0.39, 0.29) is 17.8 Å². The first-order chi connectivity index (χ1) is 11.3. The molecule has 0 saturated heterocycles. The Morgan fingerprint density at radius 3 is 2.42 bits per heavy atom. The maximum atomic E-state index is 13.5. The summed E-state index contributed by atoms with van der Waals surface area (Å²) in [5, 5.41) is 24.2.